The topological polar surface area (TPSA) is 85.6 Å². The Morgan fingerprint density at radius 1 is 1.03 bits per heavy atom. The summed E-state index contributed by atoms with van der Waals surface area (Å²) in [6.07, 6.45) is 8.54. The number of para-hydroxylation sites is 2. The quantitative estimate of drug-likeness (QED) is 0.470. The highest BCUT2D eigenvalue weighted by Gasteiger charge is 2.13. The summed E-state index contributed by atoms with van der Waals surface area (Å²) >= 11 is 1.44. The van der Waals surface area contributed by atoms with Gasteiger partial charge in [0.15, 0.2) is 5.82 Å². The number of anilines is 1. The van der Waals surface area contributed by atoms with Gasteiger partial charge in [-0.3, -0.25) is 14.8 Å². The highest BCUT2D eigenvalue weighted by molar-refractivity contribution is 7.17. The van der Waals surface area contributed by atoms with Gasteiger partial charge >= 0.3 is 0 Å². The molecule has 0 aliphatic carbocycles. The van der Waals surface area contributed by atoms with Crippen LogP contribution >= 0.6 is 11.3 Å². The number of carbonyl (C=O) groups is 1. The molecule has 0 fully saturated rings. The van der Waals surface area contributed by atoms with Gasteiger partial charge in [0.1, 0.15) is 0 Å². The Hall–Kier alpha value is -3.91. The smallest absolute Gasteiger partial charge is 0.265 e. The van der Waals surface area contributed by atoms with E-state index in [4.69, 9.17) is 0 Å². The summed E-state index contributed by atoms with van der Waals surface area (Å²) in [5.74, 6) is 0.405. The predicted molar refractivity (Wildman–Crippen MR) is 117 cm³/mol. The van der Waals surface area contributed by atoms with Crippen LogP contribution in [0.5, 0.6) is 0 Å². The first-order valence-corrected chi connectivity index (χ1v) is 10.1. The summed E-state index contributed by atoms with van der Waals surface area (Å²) in [6.45, 7) is 2.01. The van der Waals surface area contributed by atoms with Crippen LogP contribution in [-0.4, -0.2) is 30.6 Å². The van der Waals surface area contributed by atoms with E-state index in [1.807, 2.05) is 55.6 Å². The lowest BCUT2D eigenvalue weighted by Gasteiger charge is -2.02. The number of rotatable bonds is 4. The molecule has 0 spiro atoms. The number of carbonyl (C=O) groups excluding carboxylic acids is 1. The number of nitrogens with one attached hydrogen (secondary N) is 1. The van der Waals surface area contributed by atoms with Crippen LogP contribution in [0, 0.1) is 6.92 Å². The molecule has 5 aromatic rings. The van der Waals surface area contributed by atoms with Gasteiger partial charge in [-0.2, -0.15) is 5.10 Å². The van der Waals surface area contributed by atoms with Crippen LogP contribution < -0.4 is 5.32 Å². The monoisotopic (exact) mass is 412 g/mol. The number of benzene rings is 1. The van der Waals surface area contributed by atoms with Crippen molar-refractivity contribution in [3.63, 3.8) is 0 Å². The number of hydrogen-bond acceptors (Lipinski definition) is 6. The number of nitrogens with zero attached hydrogens (tertiary/aromatic N) is 5. The van der Waals surface area contributed by atoms with Crippen molar-refractivity contribution in [2.75, 3.05) is 5.32 Å². The van der Waals surface area contributed by atoms with Crippen LogP contribution in [0.3, 0.4) is 0 Å². The predicted octanol–water partition coefficient (Wildman–Crippen LogP) is 4.50. The molecule has 146 valence electrons. The molecule has 4 heterocycles. The molecule has 1 amide bonds. The first-order valence-electron chi connectivity index (χ1n) is 9.26. The minimum Gasteiger partial charge on any atom is -0.319 e. The van der Waals surface area contributed by atoms with Crippen LogP contribution in [0.2, 0.25) is 0 Å². The van der Waals surface area contributed by atoms with Crippen LogP contribution in [-0.2, 0) is 0 Å². The van der Waals surface area contributed by atoms with Crippen molar-refractivity contribution in [3.05, 3.63) is 83.9 Å². The molecule has 30 heavy (non-hydrogen) atoms. The van der Waals surface area contributed by atoms with Crippen LogP contribution in [0.4, 0.5) is 5.69 Å². The second-order valence-corrected chi connectivity index (χ2v) is 7.78. The van der Waals surface area contributed by atoms with E-state index >= 15 is 0 Å². The van der Waals surface area contributed by atoms with Gasteiger partial charge in [-0.25, -0.2) is 9.67 Å². The van der Waals surface area contributed by atoms with Crippen molar-refractivity contribution in [3.8, 4) is 16.3 Å². The molecule has 0 bridgehead atoms. The summed E-state index contributed by atoms with van der Waals surface area (Å²) < 4.78 is 1.59. The first kappa shape index (κ1) is 18.1. The molecule has 0 unspecified atom stereocenters. The molecule has 0 saturated heterocycles. The summed E-state index contributed by atoms with van der Waals surface area (Å²) in [5, 5.41) is 7.19. The minimum absolute atomic E-state index is 0.179. The zero-order valence-electron chi connectivity index (χ0n) is 16.0. The minimum atomic E-state index is -0.179. The Morgan fingerprint density at radius 3 is 2.77 bits per heavy atom. The SMILES string of the molecule is Cc1cnccc1-c1ccc(C(=O)Nc2cnn(-c3cnc4ccccc4n3)c2)s1. The second kappa shape index (κ2) is 7.49. The zero-order chi connectivity index (χ0) is 20.5. The van der Waals surface area contributed by atoms with Crippen molar-refractivity contribution in [1.29, 1.82) is 0 Å². The van der Waals surface area contributed by atoms with Crippen molar-refractivity contribution in [2.24, 2.45) is 0 Å². The lowest BCUT2D eigenvalue weighted by Crippen LogP contribution is -2.09. The molecular weight excluding hydrogens is 396 g/mol. The Morgan fingerprint density at radius 2 is 1.90 bits per heavy atom. The van der Waals surface area contributed by atoms with Crippen molar-refractivity contribution in [1.82, 2.24) is 24.7 Å². The Labute approximate surface area is 176 Å². The molecule has 1 N–H and O–H groups in total. The van der Waals surface area contributed by atoms with Gasteiger partial charge in [-0.05, 0) is 48.4 Å². The molecular formula is C22H16N6OS. The van der Waals surface area contributed by atoms with Crippen LogP contribution in [0.1, 0.15) is 15.2 Å². The molecule has 4 aromatic heterocycles. The maximum Gasteiger partial charge on any atom is 0.265 e. The van der Waals surface area contributed by atoms with Crippen LogP contribution in [0.15, 0.2) is 73.4 Å². The molecule has 5 rings (SSSR count). The standard InChI is InChI=1S/C22H16N6OS/c1-14-10-23-9-8-16(14)19-6-7-20(30-19)22(29)26-15-11-25-28(13-15)21-12-24-17-4-2-3-5-18(17)27-21/h2-13H,1H3,(H,26,29). The normalized spacial score (nSPS) is 11.0. The van der Waals surface area contributed by atoms with E-state index in [1.54, 1.807) is 29.5 Å². The van der Waals surface area contributed by atoms with E-state index in [0.29, 0.717) is 16.4 Å². The largest absolute Gasteiger partial charge is 0.319 e. The Bertz CT molecular complexity index is 1370. The number of hydrogen-bond donors (Lipinski definition) is 1. The molecule has 0 saturated carbocycles. The van der Waals surface area contributed by atoms with Crippen molar-refractivity contribution in [2.45, 2.75) is 6.92 Å². The highest BCUT2D eigenvalue weighted by atomic mass is 32.1. The van der Waals surface area contributed by atoms with Gasteiger partial charge in [0.2, 0.25) is 0 Å². The summed E-state index contributed by atoms with van der Waals surface area (Å²) in [5.41, 5.74) is 4.35. The van der Waals surface area contributed by atoms with Crippen molar-refractivity contribution >= 4 is 34.0 Å². The molecule has 0 radical (unpaired) electrons. The molecule has 0 aliphatic rings. The lowest BCUT2D eigenvalue weighted by atomic mass is 10.1. The fraction of sp³-hybridized carbons (Fsp3) is 0.0455. The van der Waals surface area contributed by atoms with E-state index in [1.165, 1.54) is 11.3 Å². The number of aryl methyl sites for hydroxylation is 1. The summed E-state index contributed by atoms with van der Waals surface area (Å²) in [7, 11) is 0. The molecule has 1 aromatic carbocycles. The maximum atomic E-state index is 12.7. The van der Waals surface area contributed by atoms with E-state index in [-0.39, 0.29) is 5.91 Å². The van der Waals surface area contributed by atoms with Gasteiger partial charge < -0.3 is 5.32 Å². The average Bonchev–Trinajstić information content (AvgIpc) is 3.44. The van der Waals surface area contributed by atoms with Gasteiger partial charge in [0.05, 0.1) is 40.2 Å². The highest BCUT2D eigenvalue weighted by Crippen LogP contribution is 2.30. The number of aromatic nitrogens is 5. The number of amides is 1. The van der Waals surface area contributed by atoms with Gasteiger partial charge in [-0.1, -0.05) is 12.1 Å². The van der Waals surface area contributed by atoms with Gasteiger partial charge in [0, 0.05) is 17.3 Å². The second-order valence-electron chi connectivity index (χ2n) is 6.70. The molecule has 8 heteroatoms. The number of pyridine rings is 1. The van der Waals surface area contributed by atoms with Crippen molar-refractivity contribution < 1.29 is 4.79 Å². The Balaban J connectivity index is 1.35. The van der Waals surface area contributed by atoms with Crippen LogP contribution in [0.25, 0.3) is 27.3 Å². The summed E-state index contributed by atoms with van der Waals surface area (Å²) in [4.78, 5) is 27.4. The summed E-state index contributed by atoms with van der Waals surface area (Å²) in [6, 6.07) is 13.4. The third-order valence-electron chi connectivity index (χ3n) is 4.63. The van der Waals surface area contributed by atoms with E-state index in [2.05, 4.69) is 25.4 Å². The third kappa shape index (κ3) is 3.44. The van der Waals surface area contributed by atoms with E-state index in [9.17, 15) is 4.79 Å². The van der Waals surface area contributed by atoms with Gasteiger partial charge in [0.25, 0.3) is 5.91 Å². The zero-order valence-corrected chi connectivity index (χ0v) is 16.8. The molecule has 0 atom stereocenters. The maximum absolute atomic E-state index is 12.7. The molecule has 7 nitrogen and oxygen atoms in total. The average molecular weight is 412 g/mol. The fourth-order valence-corrected chi connectivity index (χ4v) is 4.11. The lowest BCUT2D eigenvalue weighted by molar-refractivity contribution is 0.103. The number of fused-ring (bicyclic) bond motifs is 1. The van der Waals surface area contributed by atoms with E-state index < -0.39 is 0 Å². The third-order valence-corrected chi connectivity index (χ3v) is 5.74. The van der Waals surface area contributed by atoms with E-state index in [0.717, 1.165) is 27.0 Å². The fourth-order valence-electron chi connectivity index (χ4n) is 3.12. The number of thiophene rings is 1. The molecule has 0 aliphatic heterocycles. The first-order chi connectivity index (χ1) is 14.7. The Kier molecular flexibility index (Phi) is 4.53. The van der Waals surface area contributed by atoms with Gasteiger partial charge in [-0.15, -0.1) is 11.3 Å².